The fourth-order valence-corrected chi connectivity index (χ4v) is 2.09. The normalized spacial score (nSPS) is 10.2. The average Bonchev–Trinajstić information content (AvgIpc) is 2.38. The Labute approximate surface area is 115 Å². The number of methoxy groups -OCH3 is 1. The fourth-order valence-electron chi connectivity index (χ4n) is 1.66. The Morgan fingerprint density at radius 3 is 2.72 bits per heavy atom. The maximum Gasteiger partial charge on any atom is 0.254 e. The SMILES string of the molecule is CCCN(CCBr)C(=O)c1ccc(F)c(OC)c1. The van der Waals surface area contributed by atoms with Crippen LogP contribution in [0.15, 0.2) is 18.2 Å². The van der Waals surface area contributed by atoms with Crippen molar-refractivity contribution >= 4 is 21.8 Å². The topological polar surface area (TPSA) is 29.5 Å². The van der Waals surface area contributed by atoms with Crippen LogP contribution in [-0.4, -0.2) is 36.3 Å². The Kier molecular flexibility index (Phi) is 6.12. The smallest absolute Gasteiger partial charge is 0.254 e. The van der Waals surface area contributed by atoms with E-state index in [4.69, 9.17) is 4.74 Å². The Bertz CT molecular complexity index is 406. The zero-order valence-corrected chi connectivity index (χ0v) is 12.2. The molecule has 0 saturated carbocycles. The van der Waals surface area contributed by atoms with Crippen LogP contribution >= 0.6 is 15.9 Å². The van der Waals surface area contributed by atoms with Crippen molar-refractivity contribution < 1.29 is 13.9 Å². The van der Waals surface area contributed by atoms with Crippen molar-refractivity contribution in [3.63, 3.8) is 0 Å². The second-order valence-corrected chi connectivity index (χ2v) is 4.62. The predicted molar refractivity (Wildman–Crippen MR) is 72.9 cm³/mol. The van der Waals surface area contributed by atoms with Crippen LogP contribution in [0.3, 0.4) is 0 Å². The Morgan fingerprint density at radius 2 is 2.17 bits per heavy atom. The highest BCUT2D eigenvalue weighted by Crippen LogP contribution is 2.19. The molecule has 0 spiro atoms. The van der Waals surface area contributed by atoms with Crippen molar-refractivity contribution in [2.45, 2.75) is 13.3 Å². The minimum Gasteiger partial charge on any atom is -0.494 e. The van der Waals surface area contributed by atoms with Crippen molar-refractivity contribution in [2.75, 3.05) is 25.5 Å². The highest BCUT2D eigenvalue weighted by Gasteiger charge is 2.16. The third-order valence-electron chi connectivity index (χ3n) is 2.53. The molecule has 18 heavy (non-hydrogen) atoms. The number of ether oxygens (including phenoxy) is 1. The Hall–Kier alpha value is -1.10. The van der Waals surface area contributed by atoms with E-state index in [1.165, 1.54) is 25.3 Å². The monoisotopic (exact) mass is 317 g/mol. The molecule has 0 aliphatic rings. The number of rotatable bonds is 6. The zero-order chi connectivity index (χ0) is 13.5. The summed E-state index contributed by atoms with van der Waals surface area (Å²) >= 11 is 3.32. The lowest BCUT2D eigenvalue weighted by atomic mass is 10.1. The third kappa shape index (κ3) is 3.70. The van der Waals surface area contributed by atoms with Crippen molar-refractivity contribution in [2.24, 2.45) is 0 Å². The largest absolute Gasteiger partial charge is 0.494 e. The molecule has 0 unspecified atom stereocenters. The van der Waals surface area contributed by atoms with Gasteiger partial charge < -0.3 is 9.64 Å². The maximum atomic E-state index is 13.3. The second kappa shape index (κ2) is 7.36. The Morgan fingerprint density at radius 1 is 1.44 bits per heavy atom. The first-order chi connectivity index (χ1) is 8.63. The van der Waals surface area contributed by atoms with Gasteiger partial charge in [-0.05, 0) is 24.6 Å². The van der Waals surface area contributed by atoms with Gasteiger partial charge in [0.15, 0.2) is 11.6 Å². The first-order valence-electron chi connectivity index (χ1n) is 5.82. The van der Waals surface area contributed by atoms with Gasteiger partial charge in [0.05, 0.1) is 7.11 Å². The minimum absolute atomic E-state index is 0.0936. The molecule has 1 aromatic carbocycles. The van der Waals surface area contributed by atoms with E-state index in [1.807, 2.05) is 6.92 Å². The van der Waals surface area contributed by atoms with E-state index in [-0.39, 0.29) is 11.7 Å². The average molecular weight is 318 g/mol. The van der Waals surface area contributed by atoms with Gasteiger partial charge in [-0.3, -0.25) is 4.79 Å². The first kappa shape index (κ1) is 15.0. The van der Waals surface area contributed by atoms with Crippen LogP contribution in [0.25, 0.3) is 0 Å². The summed E-state index contributed by atoms with van der Waals surface area (Å²) in [6.07, 6.45) is 0.886. The number of carbonyl (C=O) groups excluding carboxylic acids is 1. The molecular formula is C13H17BrFNO2. The number of alkyl halides is 1. The molecule has 0 aliphatic carbocycles. The summed E-state index contributed by atoms with van der Waals surface area (Å²) in [5.41, 5.74) is 0.447. The summed E-state index contributed by atoms with van der Waals surface area (Å²) in [7, 11) is 1.38. The Balaban J connectivity index is 2.93. The summed E-state index contributed by atoms with van der Waals surface area (Å²) in [5.74, 6) is -0.470. The van der Waals surface area contributed by atoms with Crippen LogP contribution < -0.4 is 4.74 Å². The lowest BCUT2D eigenvalue weighted by molar-refractivity contribution is 0.0766. The predicted octanol–water partition coefficient (Wildman–Crippen LogP) is 3.08. The van der Waals surface area contributed by atoms with Crippen LogP contribution in [0.2, 0.25) is 0 Å². The number of benzene rings is 1. The lowest BCUT2D eigenvalue weighted by Crippen LogP contribution is -2.33. The van der Waals surface area contributed by atoms with Gasteiger partial charge in [0.2, 0.25) is 0 Å². The molecule has 3 nitrogen and oxygen atoms in total. The molecule has 100 valence electrons. The quantitative estimate of drug-likeness (QED) is 0.755. The first-order valence-corrected chi connectivity index (χ1v) is 6.95. The summed E-state index contributed by atoms with van der Waals surface area (Å²) in [6, 6.07) is 4.18. The molecule has 0 atom stereocenters. The number of hydrogen-bond donors (Lipinski definition) is 0. The molecule has 0 bridgehead atoms. The van der Waals surface area contributed by atoms with Crippen molar-refractivity contribution in [3.8, 4) is 5.75 Å². The molecular weight excluding hydrogens is 301 g/mol. The van der Waals surface area contributed by atoms with Gasteiger partial charge in [-0.25, -0.2) is 4.39 Å². The summed E-state index contributed by atoms with van der Waals surface area (Å²) in [6.45, 7) is 3.33. The van der Waals surface area contributed by atoms with Crippen molar-refractivity contribution in [1.82, 2.24) is 4.90 Å². The van der Waals surface area contributed by atoms with Crippen LogP contribution in [0.1, 0.15) is 23.7 Å². The highest BCUT2D eigenvalue weighted by atomic mass is 79.9. The van der Waals surface area contributed by atoms with Crippen molar-refractivity contribution in [1.29, 1.82) is 0 Å². The molecule has 1 amide bonds. The fraction of sp³-hybridized carbons (Fsp3) is 0.462. The molecule has 5 heteroatoms. The number of nitrogens with zero attached hydrogens (tertiary/aromatic N) is 1. The number of carbonyl (C=O) groups is 1. The molecule has 0 N–H and O–H groups in total. The molecule has 0 aliphatic heterocycles. The molecule has 0 fully saturated rings. The molecule has 1 rings (SSSR count). The number of amides is 1. The van der Waals surface area contributed by atoms with Gasteiger partial charge >= 0.3 is 0 Å². The van der Waals surface area contributed by atoms with Gasteiger partial charge in [-0.15, -0.1) is 0 Å². The highest BCUT2D eigenvalue weighted by molar-refractivity contribution is 9.09. The van der Waals surface area contributed by atoms with Crippen LogP contribution in [0, 0.1) is 5.82 Å². The molecule has 1 aromatic rings. The molecule has 0 radical (unpaired) electrons. The zero-order valence-electron chi connectivity index (χ0n) is 10.6. The maximum absolute atomic E-state index is 13.3. The van der Waals surface area contributed by atoms with Crippen LogP contribution in [-0.2, 0) is 0 Å². The number of halogens is 2. The van der Waals surface area contributed by atoms with Crippen molar-refractivity contribution in [3.05, 3.63) is 29.6 Å². The minimum atomic E-state index is -0.461. The lowest BCUT2D eigenvalue weighted by Gasteiger charge is -2.21. The molecule has 0 saturated heterocycles. The number of hydrogen-bond acceptors (Lipinski definition) is 2. The van der Waals surface area contributed by atoms with Crippen LogP contribution in [0.4, 0.5) is 4.39 Å². The third-order valence-corrected chi connectivity index (χ3v) is 2.89. The van der Waals surface area contributed by atoms with E-state index >= 15 is 0 Å². The van der Waals surface area contributed by atoms with E-state index in [2.05, 4.69) is 15.9 Å². The van der Waals surface area contributed by atoms with E-state index in [0.29, 0.717) is 18.7 Å². The molecule has 0 aromatic heterocycles. The van der Waals surface area contributed by atoms with Gasteiger partial charge in [-0.1, -0.05) is 22.9 Å². The van der Waals surface area contributed by atoms with Gasteiger partial charge in [0.25, 0.3) is 5.91 Å². The van der Waals surface area contributed by atoms with E-state index in [9.17, 15) is 9.18 Å². The second-order valence-electron chi connectivity index (χ2n) is 3.83. The van der Waals surface area contributed by atoms with Gasteiger partial charge in [-0.2, -0.15) is 0 Å². The summed E-state index contributed by atoms with van der Waals surface area (Å²) in [4.78, 5) is 14.0. The van der Waals surface area contributed by atoms with E-state index in [1.54, 1.807) is 4.90 Å². The van der Waals surface area contributed by atoms with Crippen LogP contribution in [0.5, 0.6) is 5.75 Å². The van der Waals surface area contributed by atoms with E-state index < -0.39 is 5.82 Å². The summed E-state index contributed by atoms with van der Waals surface area (Å²) < 4.78 is 18.2. The molecule has 0 heterocycles. The summed E-state index contributed by atoms with van der Waals surface area (Å²) in [5, 5.41) is 0.719. The standard InChI is InChI=1S/C13H17BrFNO2/c1-3-7-16(8-6-14)13(17)10-4-5-11(15)12(9-10)18-2/h4-5,9H,3,6-8H2,1-2H3. The van der Waals surface area contributed by atoms with E-state index in [0.717, 1.165) is 11.8 Å². The van der Waals surface area contributed by atoms with Gasteiger partial charge in [0, 0.05) is 24.0 Å². The van der Waals surface area contributed by atoms with Gasteiger partial charge in [0.1, 0.15) is 0 Å².